The van der Waals surface area contributed by atoms with Crippen molar-refractivity contribution in [3.8, 4) is 5.75 Å². The Balaban J connectivity index is 1.96. The lowest BCUT2D eigenvalue weighted by Crippen LogP contribution is -2.23. The smallest absolute Gasteiger partial charge is 0.255 e. The van der Waals surface area contributed by atoms with Crippen LogP contribution in [0.15, 0.2) is 42.5 Å². The van der Waals surface area contributed by atoms with Crippen molar-refractivity contribution in [1.29, 1.82) is 0 Å². The monoisotopic (exact) mass is 354 g/mol. The van der Waals surface area contributed by atoms with E-state index in [9.17, 15) is 14.7 Å². The maximum Gasteiger partial charge on any atom is 0.255 e. The van der Waals surface area contributed by atoms with E-state index in [1.54, 1.807) is 24.3 Å². The van der Waals surface area contributed by atoms with Crippen LogP contribution in [0.2, 0.25) is 0 Å². The quantitative estimate of drug-likeness (QED) is 0.732. The van der Waals surface area contributed by atoms with Gasteiger partial charge in [-0.3, -0.25) is 9.59 Å². The Labute approximate surface area is 154 Å². The summed E-state index contributed by atoms with van der Waals surface area (Å²) in [6, 6.07) is 12.4. The van der Waals surface area contributed by atoms with Crippen molar-refractivity contribution in [2.45, 2.75) is 40.2 Å². The molecule has 0 aliphatic carbocycles. The van der Waals surface area contributed by atoms with Crippen LogP contribution < -0.4 is 10.6 Å². The molecule has 0 unspecified atom stereocenters. The Hall–Kier alpha value is -2.82. The van der Waals surface area contributed by atoms with Crippen LogP contribution in [-0.2, 0) is 11.3 Å². The lowest BCUT2D eigenvalue weighted by atomic mass is 10.0. The molecule has 0 aliphatic heterocycles. The Morgan fingerprint density at radius 3 is 2.19 bits per heavy atom. The summed E-state index contributed by atoms with van der Waals surface area (Å²) in [7, 11) is 0. The van der Waals surface area contributed by atoms with Gasteiger partial charge in [-0.05, 0) is 41.3 Å². The molecular weight excluding hydrogens is 328 g/mol. The third-order valence-electron chi connectivity index (χ3n) is 4.13. The molecule has 0 aromatic heterocycles. The van der Waals surface area contributed by atoms with Crippen molar-refractivity contribution in [3.63, 3.8) is 0 Å². The third-order valence-corrected chi connectivity index (χ3v) is 4.13. The van der Waals surface area contributed by atoms with Gasteiger partial charge >= 0.3 is 0 Å². The molecule has 138 valence electrons. The third kappa shape index (κ3) is 5.09. The number of hydrogen-bond acceptors (Lipinski definition) is 3. The van der Waals surface area contributed by atoms with E-state index in [0.29, 0.717) is 6.54 Å². The normalized spacial score (nSPS) is 10.8. The molecule has 2 aromatic rings. The van der Waals surface area contributed by atoms with Gasteiger partial charge in [-0.15, -0.1) is 0 Å². The summed E-state index contributed by atoms with van der Waals surface area (Å²) in [4.78, 5) is 24.0. The first-order valence-electron chi connectivity index (χ1n) is 8.79. The summed E-state index contributed by atoms with van der Waals surface area (Å²) in [6.45, 7) is 8.07. The van der Waals surface area contributed by atoms with Gasteiger partial charge in [-0.25, -0.2) is 0 Å². The Kier molecular flexibility index (Phi) is 6.39. The summed E-state index contributed by atoms with van der Waals surface area (Å²) in [5.74, 6) is -0.168. The zero-order valence-electron chi connectivity index (χ0n) is 15.7. The minimum Gasteiger partial charge on any atom is -0.507 e. The highest BCUT2D eigenvalue weighted by atomic mass is 16.3. The molecule has 0 fully saturated rings. The van der Waals surface area contributed by atoms with Gasteiger partial charge in [0.05, 0.1) is 5.56 Å². The van der Waals surface area contributed by atoms with Crippen molar-refractivity contribution in [3.05, 3.63) is 59.2 Å². The number of anilines is 1. The summed E-state index contributed by atoms with van der Waals surface area (Å²) in [5.41, 5.74) is 2.87. The van der Waals surface area contributed by atoms with Gasteiger partial charge in [-0.1, -0.05) is 45.9 Å². The van der Waals surface area contributed by atoms with Crippen molar-refractivity contribution < 1.29 is 14.7 Å². The van der Waals surface area contributed by atoms with Crippen LogP contribution in [0.25, 0.3) is 0 Å². The zero-order chi connectivity index (χ0) is 19.3. The molecule has 2 amide bonds. The summed E-state index contributed by atoms with van der Waals surface area (Å²) in [5, 5.41) is 15.7. The molecule has 2 aromatic carbocycles. The summed E-state index contributed by atoms with van der Waals surface area (Å²) in [6.07, 6.45) is 0. The number of carbonyl (C=O) groups is 2. The van der Waals surface area contributed by atoms with E-state index in [2.05, 4.69) is 10.6 Å². The maximum absolute atomic E-state index is 12.3. The topological polar surface area (TPSA) is 78.4 Å². The number of amides is 2. The molecule has 0 saturated heterocycles. The largest absolute Gasteiger partial charge is 0.507 e. The highest BCUT2D eigenvalue weighted by Crippen LogP contribution is 2.23. The molecule has 3 N–H and O–H groups in total. The van der Waals surface area contributed by atoms with Gasteiger partial charge < -0.3 is 15.7 Å². The van der Waals surface area contributed by atoms with Crippen LogP contribution in [0.4, 0.5) is 5.69 Å². The summed E-state index contributed by atoms with van der Waals surface area (Å²) < 4.78 is 0. The number of rotatable bonds is 6. The number of phenolic OH excluding ortho intramolecular Hbond substituents is 1. The Morgan fingerprint density at radius 2 is 1.65 bits per heavy atom. The van der Waals surface area contributed by atoms with Crippen molar-refractivity contribution in [1.82, 2.24) is 5.32 Å². The molecule has 0 atom stereocenters. The zero-order valence-corrected chi connectivity index (χ0v) is 15.7. The van der Waals surface area contributed by atoms with E-state index in [1.165, 1.54) is 0 Å². The first kappa shape index (κ1) is 19.5. The SMILES string of the molecule is CC(C)C(=O)Nc1ccc(CNC(=O)c2ccc(C(C)C)cc2O)cc1. The molecule has 2 rings (SSSR count). The molecule has 0 bridgehead atoms. The predicted octanol–water partition coefficient (Wildman–Crippen LogP) is 4.04. The Morgan fingerprint density at radius 1 is 1.00 bits per heavy atom. The molecule has 0 aliphatic rings. The fourth-order valence-corrected chi connectivity index (χ4v) is 2.37. The second-order valence-electron chi connectivity index (χ2n) is 6.95. The van der Waals surface area contributed by atoms with E-state index < -0.39 is 0 Å². The van der Waals surface area contributed by atoms with Crippen LogP contribution in [0.5, 0.6) is 5.75 Å². The second-order valence-corrected chi connectivity index (χ2v) is 6.95. The van der Waals surface area contributed by atoms with Gasteiger partial charge in [0.25, 0.3) is 5.91 Å². The van der Waals surface area contributed by atoms with Gasteiger partial charge in [0.2, 0.25) is 5.91 Å². The molecule has 0 heterocycles. The number of phenols is 1. The molecule has 5 heteroatoms. The first-order valence-corrected chi connectivity index (χ1v) is 8.79. The van der Waals surface area contributed by atoms with E-state index >= 15 is 0 Å². The fourth-order valence-electron chi connectivity index (χ4n) is 2.37. The minimum atomic E-state index is -0.324. The van der Waals surface area contributed by atoms with Crippen LogP contribution in [0, 0.1) is 5.92 Å². The van der Waals surface area contributed by atoms with Crippen LogP contribution >= 0.6 is 0 Å². The van der Waals surface area contributed by atoms with E-state index in [1.807, 2.05) is 45.9 Å². The highest BCUT2D eigenvalue weighted by molar-refractivity contribution is 5.96. The number of hydrogen-bond donors (Lipinski definition) is 3. The van der Waals surface area contributed by atoms with Gasteiger partial charge in [0.1, 0.15) is 5.75 Å². The number of benzene rings is 2. The van der Waals surface area contributed by atoms with Crippen molar-refractivity contribution >= 4 is 17.5 Å². The van der Waals surface area contributed by atoms with Gasteiger partial charge in [0.15, 0.2) is 0 Å². The molecule has 5 nitrogen and oxygen atoms in total. The number of nitrogens with one attached hydrogen (secondary N) is 2. The maximum atomic E-state index is 12.3. The van der Waals surface area contributed by atoms with Crippen molar-refractivity contribution in [2.24, 2.45) is 5.92 Å². The van der Waals surface area contributed by atoms with E-state index in [4.69, 9.17) is 0 Å². The number of carbonyl (C=O) groups excluding carboxylic acids is 2. The highest BCUT2D eigenvalue weighted by Gasteiger charge is 2.12. The first-order chi connectivity index (χ1) is 12.3. The lowest BCUT2D eigenvalue weighted by molar-refractivity contribution is -0.118. The molecule has 26 heavy (non-hydrogen) atoms. The fraction of sp³-hybridized carbons (Fsp3) is 0.333. The minimum absolute atomic E-state index is 0.0135. The predicted molar refractivity (Wildman–Crippen MR) is 103 cm³/mol. The molecule has 0 radical (unpaired) electrons. The van der Waals surface area contributed by atoms with Gasteiger partial charge in [0, 0.05) is 18.2 Å². The molecule has 0 spiro atoms. The summed E-state index contributed by atoms with van der Waals surface area (Å²) >= 11 is 0. The Bertz CT molecular complexity index is 780. The average Bonchev–Trinajstić information content (AvgIpc) is 2.60. The second kappa shape index (κ2) is 8.52. The van der Waals surface area contributed by atoms with E-state index in [-0.39, 0.29) is 35.0 Å². The molecule has 0 saturated carbocycles. The average molecular weight is 354 g/mol. The standard InChI is InChI=1S/C21H26N2O3/c1-13(2)16-7-10-18(19(24)11-16)21(26)22-12-15-5-8-17(9-6-15)23-20(25)14(3)4/h5-11,13-14,24H,12H2,1-4H3,(H,22,26)(H,23,25). The van der Waals surface area contributed by atoms with Crippen LogP contribution in [0.3, 0.4) is 0 Å². The lowest BCUT2D eigenvalue weighted by Gasteiger charge is -2.11. The molecular formula is C21H26N2O3. The van der Waals surface area contributed by atoms with Gasteiger partial charge in [-0.2, -0.15) is 0 Å². The van der Waals surface area contributed by atoms with E-state index in [0.717, 1.165) is 16.8 Å². The number of aromatic hydroxyl groups is 1. The van der Waals surface area contributed by atoms with Crippen molar-refractivity contribution in [2.75, 3.05) is 5.32 Å². The van der Waals surface area contributed by atoms with Crippen LogP contribution in [0.1, 0.15) is 55.1 Å². The van der Waals surface area contributed by atoms with Crippen LogP contribution in [-0.4, -0.2) is 16.9 Å².